The third-order valence-electron chi connectivity index (χ3n) is 4.79. The third kappa shape index (κ3) is 4.05. The van der Waals surface area contributed by atoms with Crippen LogP contribution in [-0.2, 0) is 19.0 Å². The number of amides is 1. The number of carbonyl (C=O) groups excluding carboxylic acids is 1. The first-order valence-corrected chi connectivity index (χ1v) is 9.83. The van der Waals surface area contributed by atoms with Crippen molar-refractivity contribution in [2.24, 2.45) is 0 Å². The minimum atomic E-state index is -4.48. The minimum absolute atomic E-state index is 0.284. The van der Waals surface area contributed by atoms with Crippen LogP contribution in [0.4, 0.5) is 19.0 Å². The highest BCUT2D eigenvalue weighted by atomic mass is 79.9. The monoisotopic (exact) mass is 464 g/mol. The fourth-order valence-corrected chi connectivity index (χ4v) is 3.67. The molecule has 0 fully saturated rings. The number of anilines is 1. The van der Waals surface area contributed by atoms with Gasteiger partial charge in [-0.3, -0.25) is 4.79 Å². The van der Waals surface area contributed by atoms with Crippen LogP contribution < -0.4 is 5.32 Å². The zero-order valence-corrected chi connectivity index (χ0v) is 16.7. The Labute approximate surface area is 173 Å². The Kier molecular flexibility index (Phi) is 5.16. The molecule has 0 bridgehead atoms. The molecule has 0 atom stereocenters. The van der Waals surface area contributed by atoms with Crippen LogP contribution in [0.15, 0.2) is 47.1 Å². The van der Waals surface area contributed by atoms with Crippen LogP contribution >= 0.6 is 15.9 Å². The molecular weight excluding hydrogens is 449 g/mol. The van der Waals surface area contributed by atoms with Crippen molar-refractivity contribution in [1.82, 2.24) is 14.8 Å². The lowest BCUT2D eigenvalue weighted by molar-refractivity contribution is -0.142. The highest BCUT2D eigenvalue weighted by molar-refractivity contribution is 9.10. The highest BCUT2D eigenvalue weighted by Crippen LogP contribution is 2.36. The Hall–Kier alpha value is -2.68. The van der Waals surface area contributed by atoms with Gasteiger partial charge >= 0.3 is 6.18 Å². The molecule has 1 aliphatic carbocycles. The second-order valence-electron chi connectivity index (χ2n) is 6.75. The average Bonchev–Trinajstić information content (AvgIpc) is 3.10. The number of rotatable bonds is 3. The van der Waals surface area contributed by atoms with E-state index in [4.69, 9.17) is 0 Å². The molecule has 1 aromatic carbocycles. The molecular formula is C20H16BrF3N4O. The standard InChI is InChI=1S/C20H16BrF3N4O/c21-13-7-10-17(25-11-13)26-19(29)12-5-8-14(9-6-12)28-16-4-2-1-3-15(16)18(27-28)20(22,23)24/h5-11H,1-4H2,(H,25,26,29). The normalized spacial score (nSPS) is 13.8. The number of halogens is 4. The molecule has 29 heavy (non-hydrogen) atoms. The smallest absolute Gasteiger partial charge is 0.307 e. The van der Waals surface area contributed by atoms with E-state index >= 15 is 0 Å². The lowest BCUT2D eigenvalue weighted by Gasteiger charge is -2.15. The summed E-state index contributed by atoms with van der Waals surface area (Å²) < 4.78 is 42.3. The molecule has 3 aromatic rings. The van der Waals surface area contributed by atoms with Gasteiger partial charge in [0.25, 0.3) is 5.91 Å². The van der Waals surface area contributed by atoms with E-state index in [1.807, 2.05) is 0 Å². The molecule has 2 heterocycles. The van der Waals surface area contributed by atoms with E-state index in [1.165, 1.54) is 4.68 Å². The number of carbonyl (C=O) groups is 1. The number of fused-ring (bicyclic) bond motifs is 1. The van der Waals surface area contributed by atoms with Gasteiger partial charge in [0.05, 0.1) is 5.69 Å². The number of nitrogens with zero attached hydrogens (tertiary/aromatic N) is 3. The maximum atomic E-state index is 13.4. The minimum Gasteiger partial charge on any atom is -0.307 e. The van der Waals surface area contributed by atoms with E-state index < -0.39 is 11.9 Å². The van der Waals surface area contributed by atoms with E-state index in [1.54, 1.807) is 42.6 Å². The molecule has 5 nitrogen and oxygen atoms in total. The molecule has 0 saturated heterocycles. The Morgan fingerprint density at radius 3 is 2.45 bits per heavy atom. The number of pyridine rings is 1. The van der Waals surface area contributed by atoms with Crippen molar-refractivity contribution >= 4 is 27.7 Å². The van der Waals surface area contributed by atoms with Gasteiger partial charge in [-0.2, -0.15) is 18.3 Å². The Morgan fingerprint density at radius 2 is 1.79 bits per heavy atom. The molecule has 150 valence electrons. The zero-order valence-electron chi connectivity index (χ0n) is 15.1. The van der Waals surface area contributed by atoms with E-state index in [-0.39, 0.29) is 11.5 Å². The predicted octanol–water partition coefficient (Wildman–Crippen LogP) is 5.18. The zero-order chi connectivity index (χ0) is 20.6. The summed E-state index contributed by atoms with van der Waals surface area (Å²) in [6.07, 6.45) is -0.426. The van der Waals surface area contributed by atoms with E-state index in [9.17, 15) is 18.0 Å². The first-order valence-electron chi connectivity index (χ1n) is 9.04. The number of hydrogen-bond acceptors (Lipinski definition) is 3. The van der Waals surface area contributed by atoms with Crippen molar-refractivity contribution in [3.05, 3.63) is 69.6 Å². The molecule has 0 radical (unpaired) electrons. The maximum absolute atomic E-state index is 13.4. The van der Waals surface area contributed by atoms with Crippen molar-refractivity contribution in [1.29, 1.82) is 0 Å². The van der Waals surface area contributed by atoms with Crippen molar-refractivity contribution < 1.29 is 18.0 Å². The lowest BCUT2D eigenvalue weighted by atomic mass is 9.95. The summed E-state index contributed by atoms with van der Waals surface area (Å²) in [6.45, 7) is 0. The van der Waals surface area contributed by atoms with Gasteiger partial charge in [-0.1, -0.05) is 0 Å². The summed E-state index contributed by atoms with van der Waals surface area (Å²) in [4.78, 5) is 16.5. The number of nitrogens with one attached hydrogen (secondary N) is 1. The molecule has 2 aromatic heterocycles. The van der Waals surface area contributed by atoms with E-state index in [2.05, 4.69) is 31.3 Å². The SMILES string of the molecule is O=C(Nc1ccc(Br)cn1)c1ccc(-n2nc(C(F)(F)F)c3c2CCCC3)cc1. The van der Waals surface area contributed by atoms with Crippen LogP contribution in [0.25, 0.3) is 5.69 Å². The third-order valence-corrected chi connectivity index (χ3v) is 5.26. The summed E-state index contributed by atoms with van der Waals surface area (Å²) in [6, 6.07) is 9.75. The van der Waals surface area contributed by atoms with Gasteiger partial charge in [-0.15, -0.1) is 0 Å². The van der Waals surface area contributed by atoms with Crippen LogP contribution in [-0.4, -0.2) is 20.7 Å². The first kappa shape index (κ1) is 19.6. The average molecular weight is 465 g/mol. The second kappa shape index (κ2) is 7.62. The number of aromatic nitrogens is 3. The van der Waals surface area contributed by atoms with Crippen LogP contribution in [0.5, 0.6) is 0 Å². The lowest BCUT2D eigenvalue weighted by Crippen LogP contribution is -2.13. The second-order valence-corrected chi connectivity index (χ2v) is 7.67. The van der Waals surface area contributed by atoms with Crippen molar-refractivity contribution in [3.63, 3.8) is 0 Å². The number of alkyl halides is 3. The molecule has 1 aliphatic rings. The van der Waals surface area contributed by atoms with Gasteiger partial charge in [-0.25, -0.2) is 9.67 Å². The summed E-state index contributed by atoms with van der Waals surface area (Å²) >= 11 is 3.27. The Bertz CT molecular complexity index is 1040. The van der Waals surface area contributed by atoms with Gasteiger partial charge in [0, 0.05) is 27.5 Å². The molecule has 0 saturated carbocycles. The molecule has 9 heteroatoms. The van der Waals surface area contributed by atoms with Crippen LogP contribution in [0.1, 0.15) is 40.2 Å². The summed E-state index contributed by atoms with van der Waals surface area (Å²) in [5.74, 6) is 0.0445. The summed E-state index contributed by atoms with van der Waals surface area (Å²) in [5, 5.41) is 6.54. The van der Waals surface area contributed by atoms with Gasteiger partial charge in [0.2, 0.25) is 0 Å². The molecule has 0 aliphatic heterocycles. The number of benzene rings is 1. The highest BCUT2D eigenvalue weighted by Gasteiger charge is 2.39. The van der Waals surface area contributed by atoms with Crippen molar-refractivity contribution in [2.75, 3.05) is 5.32 Å². The quantitative estimate of drug-likeness (QED) is 0.580. The van der Waals surface area contributed by atoms with Gasteiger partial charge in [0.15, 0.2) is 5.69 Å². The Morgan fingerprint density at radius 1 is 1.07 bits per heavy atom. The maximum Gasteiger partial charge on any atom is 0.435 e. The molecule has 0 unspecified atom stereocenters. The van der Waals surface area contributed by atoms with E-state index in [0.29, 0.717) is 35.6 Å². The number of hydrogen-bond donors (Lipinski definition) is 1. The molecule has 1 amide bonds. The molecule has 0 spiro atoms. The topological polar surface area (TPSA) is 59.8 Å². The van der Waals surface area contributed by atoms with Crippen molar-refractivity contribution in [3.8, 4) is 5.69 Å². The fourth-order valence-electron chi connectivity index (χ4n) is 3.43. The van der Waals surface area contributed by atoms with Gasteiger partial charge in [0.1, 0.15) is 5.82 Å². The molecule has 1 N–H and O–H groups in total. The fraction of sp³-hybridized carbons (Fsp3) is 0.250. The Balaban J connectivity index is 1.60. The van der Waals surface area contributed by atoms with Gasteiger partial charge < -0.3 is 5.32 Å². The van der Waals surface area contributed by atoms with Crippen molar-refractivity contribution in [2.45, 2.75) is 31.9 Å². The largest absolute Gasteiger partial charge is 0.435 e. The van der Waals surface area contributed by atoms with Gasteiger partial charge in [-0.05, 0) is 78.0 Å². The first-order chi connectivity index (χ1) is 13.8. The van der Waals surface area contributed by atoms with Crippen LogP contribution in [0, 0.1) is 0 Å². The summed E-state index contributed by atoms with van der Waals surface area (Å²) in [7, 11) is 0. The van der Waals surface area contributed by atoms with E-state index in [0.717, 1.165) is 17.3 Å². The summed E-state index contributed by atoms with van der Waals surface area (Å²) in [5.41, 5.74) is 0.939. The van der Waals surface area contributed by atoms with Crippen LogP contribution in [0.3, 0.4) is 0 Å². The molecule has 4 rings (SSSR count). The predicted molar refractivity (Wildman–Crippen MR) is 105 cm³/mol. The van der Waals surface area contributed by atoms with Crippen LogP contribution in [0.2, 0.25) is 0 Å².